The lowest BCUT2D eigenvalue weighted by atomic mass is 10.0. The highest BCUT2D eigenvalue weighted by atomic mass is 16.3. The number of aliphatic hydroxyl groups is 3. The van der Waals surface area contributed by atoms with Crippen LogP contribution in [0.1, 0.15) is 258 Å². The topological polar surface area (TPSA) is 89.8 Å². The van der Waals surface area contributed by atoms with E-state index in [1.807, 2.05) is 6.08 Å². The van der Waals surface area contributed by atoms with Gasteiger partial charge in [-0.3, -0.25) is 4.79 Å². The standard InChI is InChI=1S/C53H99NO4/c1-3-5-7-9-11-13-15-17-19-21-23-24-25-26-27-28-29-31-33-35-37-39-41-43-45-47-52(57)51(49-55)54-53(58)48-50(56)46-44-42-40-38-36-34-32-30-22-20-18-16-14-12-10-8-6-4-2/h29-32,37,39,45,47,50-52,55-57H,3-28,33-36,38,40-44,46,48-49H2,1-2H3,(H,54,58)/b31-29+,32-30-,39-37+,47-45+. The first-order valence-corrected chi connectivity index (χ1v) is 25.4. The van der Waals surface area contributed by atoms with E-state index in [4.69, 9.17) is 0 Å². The van der Waals surface area contributed by atoms with Crippen molar-refractivity contribution >= 4 is 5.91 Å². The Balaban J connectivity index is 3.70. The van der Waals surface area contributed by atoms with Gasteiger partial charge in [0, 0.05) is 0 Å². The first-order valence-electron chi connectivity index (χ1n) is 25.4. The van der Waals surface area contributed by atoms with Crippen molar-refractivity contribution < 1.29 is 20.1 Å². The molecule has 0 spiro atoms. The van der Waals surface area contributed by atoms with Gasteiger partial charge in [-0.05, 0) is 70.6 Å². The molecule has 0 fully saturated rings. The Hall–Kier alpha value is -1.69. The van der Waals surface area contributed by atoms with Crippen LogP contribution in [0.25, 0.3) is 0 Å². The van der Waals surface area contributed by atoms with Crippen LogP contribution >= 0.6 is 0 Å². The van der Waals surface area contributed by atoms with E-state index in [0.29, 0.717) is 6.42 Å². The van der Waals surface area contributed by atoms with Gasteiger partial charge in [-0.2, -0.15) is 0 Å². The molecule has 4 N–H and O–H groups in total. The van der Waals surface area contributed by atoms with Crippen LogP contribution in [0.3, 0.4) is 0 Å². The van der Waals surface area contributed by atoms with Crippen LogP contribution < -0.4 is 5.32 Å². The lowest BCUT2D eigenvalue weighted by Crippen LogP contribution is -2.45. The van der Waals surface area contributed by atoms with E-state index in [-0.39, 0.29) is 18.9 Å². The molecule has 0 heterocycles. The van der Waals surface area contributed by atoms with E-state index >= 15 is 0 Å². The molecule has 0 rings (SSSR count). The van der Waals surface area contributed by atoms with Crippen molar-refractivity contribution in [2.24, 2.45) is 0 Å². The van der Waals surface area contributed by atoms with Gasteiger partial charge in [0.1, 0.15) is 0 Å². The molecule has 0 aromatic rings. The van der Waals surface area contributed by atoms with Gasteiger partial charge in [0.2, 0.25) is 5.91 Å². The second-order valence-electron chi connectivity index (χ2n) is 17.4. The Morgan fingerprint density at radius 3 is 1.10 bits per heavy atom. The molecule has 0 radical (unpaired) electrons. The highest BCUT2D eigenvalue weighted by Gasteiger charge is 2.20. The molecule has 0 aliphatic carbocycles. The fourth-order valence-corrected chi connectivity index (χ4v) is 7.66. The summed E-state index contributed by atoms with van der Waals surface area (Å²) in [4.78, 5) is 12.5. The Morgan fingerprint density at radius 1 is 0.431 bits per heavy atom. The third kappa shape index (κ3) is 43.9. The molecule has 0 aromatic carbocycles. The number of aliphatic hydroxyl groups excluding tert-OH is 3. The Labute approximate surface area is 361 Å². The highest BCUT2D eigenvalue weighted by Crippen LogP contribution is 2.15. The van der Waals surface area contributed by atoms with Gasteiger partial charge >= 0.3 is 0 Å². The van der Waals surface area contributed by atoms with E-state index in [2.05, 4.69) is 55.6 Å². The van der Waals surface area contributed by atoms with Crippen LogP contribution in [-0.4, -0.2) is 46.1 Å². The minimum absolute atomic E-state index is 0.00379. The van der Waals surface area contributed by atoms with Crippen molar-refractivity contribution in [3.8, 4) is 0 Å². The van der Waals surface area contributed by atoms with Gasteiger partial charge < -0.3 is 20.6 Å². The Bertz CT molecular complexity index is 943. The second-order valence-corrected chi connectivity index (χ2v) is 17.4. The summed E-state index contributed by atoms with van der Waals surface area (Å²) in [7, 11) is 0. The maximum atomic E-state index is 12.5. The van der Waals surface area contributed by atoms with Crippen LogP contribution in [0.5, 0.6) is 0 Å². The molecule has 3 atom stereocenters. The maximum Gasteiger partial charge on any atom is 0.222 e. The zero-order chi connectivity index (χ0) is 42.3. The molecule has 0 bridgehead atoms. The van der Waals surface area contributed by atoms with Gasteiger partial charge in [-0.25, -0.2) is 0 Å². The van der Waals surface area contributed by atoms with E-state index in [9.17, 15) is 20.1 Å². The SMILES string of the molecule is CCCCCCCCCCC/C=C\CCCCCCCC(O)CC(=O)NC(CO)C(O)/C=C/CC/C=C/CC/C=C/CCCCCCCCCCCCCCCCC. The molecule has 0 aliphatic heterocycles. The zero-order valence-electron chi connectivity index (χ0n) is 38.7. The molecule has 5 heteroatoms. The molecule has 1 amide bonds. The zero-order valence-corrected chi connectivity index (χ0v) is 38.7. The second kappa shape index (κ2) is 48.0. The largest absolute Gasteiger partial charge is 0.394 e. The molecular formula is C53H99NO4. The van der Waals surface area contributed by atoms with E-state index < -0.39 is 18.2 Å². The van der Waals surface area contributed by atoms with Gasteiger partial charge in [-0.1, -0.05) is 229 Å². The van der Waals surface area contributed by atoms with Gasteiger partial charge in [0.15, 0.2) is 0 Å². The fraction of sp³-hybridized carbons (Fsp3) is 0.830. The van der Waals surface area contributed by atoms with Crippen molar-refractivity contribution in [2.75, 3.05) is 6.61 Å². The normalized spacial score (nSPS) is 13.8. The number of hydrogen-bond acceptors (Lipinski definition) is 4. The summed E-state index contributed by atoms with van der Waals surface area (Å²) in [6, 6.07) is -0.771. The average molecular weight is 814 g/mol. The van der Waals surface area contributed by atoms with Crippen LogP contribution in [0.15, 0.2) is 48.6 Å². The van der Waals surface area contributed by atoms with Crippen LogP contribution in [-0.2, 0) is 4.79 Å². The summed E-state index contributed by atoms with van der Waals surface area (Å²) in [5.41, 5.74) is 0. The molecule has 340 valence electrons. The van der Waals surface area contributed by atoms with E-state index in [1.165, 1.54) is 180 Å². The summed E-state index contributed by atoms with van der Waals surface area (Å²) in [5.74, 6) is -0.333. The lowest BCUT2D eigenvalue weighted by molar-refractivity contribution is -0.124. The number of carbonyl (C=O) groups excluding carboxylic acids is 1. The summed E-state index contributed by atoms with van der Waals surface area (Å²) >= 11 is 0. The first-order chi connectivity index (χ1) is 28.5. The highest BCUT2D eigenvalue weighted by molar-refractivity contribution is 5.76. The smallest absolute Gasteiger partial charge is 0.222 e. The monoisotopic (exact) mass is 814 g/mol. The summed E-state index contributed by atoms with van der Waals surface area (Å²) in [6.07, 6.45) is 62.8. The van der Waals surface area contributed by atoms with Crippen molar-refractivity contribution in [3.63, 3.8) is 0 Å². The predicted molar refractivity (Wildman–Crippen MR) is 254 cm³/mol. The summed E-state index contributed by atoms with van der Waals surface area (Å²) < 4.78 is 0. The number of unbranched alkanes of at least 4 members (excludes halogenated alkanes) is 31. The third-order valence-electron chi connectivity index (χ3n) is 11.6. The Kier molecular flexibility index (Phi) is 46.6. The molecule has 0 aliphatic rings. The quantitative estimate of drug-likeness (QED) is 0.0364. The number of nitrogens with one attached hydrogen (secondary N) is 1. The molecular weight excluding hydrogens is 715 g/mol. The average Bonchev–Trinajstić information content (AvgIpc) is 3.22. The van der Waals surface area contributed by atoms with Crippen LogP contribution in [0.4, 0.5) is 0 Å². The number of rotatable bonds is 46. The third-order valence-corrected chi connectivity index (χ3v) is 11.6. The summed E-state index contributed by atoms with van der Waals surface area (Å²) in [5, 5.41) is 33.3. The van der Waals surface area contributed by atoms with Crippen LogP contribution in [0.2, 0.25) is 0 Å². The Morgan fingerprint density at radius 2 is 0.741 bits per heavy atom. The molecule has 58 heavy (non-hydrogen) atoms. The van der Waals surface area contributed by atoms with Crippen molar-refractivity contribution in [3.05, 3.63) is 48.6 Å². The van der Waals surface area contributed by atoms with Gasteiger partial charge in [0.05, 0.1) is 31.3 Å². The number of amides is 1. The minimum Gasteiger partial charge on any atom is -0.394 e. The van der Waals surface area contributed by atoms with Crippen molar-refractivity contribution in [1.82, 2.24) is 5.32 Å². The molecule has 0 saturated carbocycles. The molecule has 3 unspecified atom stereocenters. The van der Waals surface area contributed by atoms with E-state index in [0.717, 1.165) is 51.4 Å². The van der Waals surface area contributed by atoms with Gasteiger partial charge in [0.25, 0.3) is 0 Å². The van der Waals surface area contributed by atoms with Gasteiger partial charge in [-0.15, -0.1) is 0 Å². The number of carbonyl (C=O) groups is 1. The molecule has 0 aromatic heterocycles. The van der Waals surface area contributed by atoms with Crippen LogP contribution in [0, 0.1) is 0 Å². The predicted octanol–water partition coefficient (Wildman–Crippen LogP) is 15.3. The number of allylic oxidation sites excluding steroid dienone is 7. The number of hydrogen-bond donors (Lipinski definition) is 4. The maximum absolute atomic E-state index is 12.5. The summed E-state index contributed by atoms with van der Waals surface area (Å²) in [6.45, 7) is 4.21. The molecule has 5 nitrogen and oxygen atoms in total. The van der Waals surface area contributed by atoms with Crippen molar-refractivity contribution in [2.45, 2.75) is 276 Å². The van der Waals surface area contributed by atoms with Crippen molar-refractivity contribution in [1.29, 1.82) is 0 Å². The fourth-order valence-electron chi connectivity index (χ4n) is 7.66. The minimum atomic E-state index is -0.963. The molecule has 0 saturated heterocycles. The van der Waals surface area contributed by atoms with E-state index in [1.54, 1.807) is 6.08 Å². The first kappa shape index (κ1) is 56.3. The lowest BCUT2D eigenvalue weighted by Gasteiger charge is -2.20.